The number of rotatable bonds is 1. The Morgan fingerprint density at radius 2 is 2.50 bits per heavy atom. The van der Waals surface area contributed by atoms with Crippen molar-refractivity contribution in [3.63, 3.8) is 0 Å². The van der Waals surface area contributed by atoms with Crippen molar-refractivity contribution in [3.05, 3.63) is 12.2 Å². The van der Waals surface area contributed by atoms with E-state index in [0.29, 0.717) is 0 Å². The number of nitrogens with one attached hydrogen (secondary N) is 1. The Balaban J connectivity index is 2.50. The minimum atomic E-state index is 0.739. The molecule has 0 heterocycles. The van der Waals surface area contributed by atoms with Crippen molar-refractivity contribution in [3.8, 4) is 0 Å². The molecule has 1 heteroatoms. The van der Waals surface area contributed by atoms with Gasteiger partial charge in [0.25, 0.3) is 0 Å². The number of hydrogen-bond donors (Lipinski definition) is 1. The molecule has 0 aromatic carbocycles. The van der Waals surface area contributed by atoms with E-state index in [-0.39, 0.29) is 0 Å². The lowest BCUT2D eigenvalue weighted by Gasteiger charge is -2.04. The highest BCUT2D eigenvalue weighted by Crippen LogP contribution is 2.17. The average molecular weight is 137 g/mol. The normalized spacial score (nSPS) is 26.5. The summed E-state index contributed by atoms with van der Waals surface area (Å²) in [7, 11) is 0. The Labute approximate surface area is 62.6 Å². The molecule has 0 saturated heterocycles. The van der Waals surface area contributed by atoms with Crippen molar-refractivity contribution < 1.29 is 0 Å². The van der Waals surface area contributed by atoms with Gasteiger partial charge in [-0.05, 0) is 37.7 Å². The van der Waals surface area contributed by atoms with Gasteiger partial charge in [0.15, 0.2) is 0 Å². The summed E-state index contributed by atoms with van der Waals surface area (Å²) in [5, 5.41) is 7.41. The van der Waals surface area contributed by atoms with Crippen molar-refractivity contribution in [2.24, 2.45) is 5.92 Å². The fraction of sp³-hybridized carbons (Fsp3) is 0.667. The molecule has 0 fully saturated rings. The van der Waals surface area contributed by atoms with Crippen LogP contribution in [-0.4, -0.2) is 5.71 Å². The lowest BCUT2D eigenvalue weighted by atomic mass is 10.0. The molecule has 0 spiro atoms. The highest BCUT2D eigenvalue weighted by Gasteiger charge is 2.06. The van der Waals surface area contributed by atoms with E-state index in [4.69, 9.17) is 5.41 Å². The molecule has 56 valence electrons. The van der Waals surface area contributed by atoms with E-state index in [1.165, 1.54) is 19.3 Å². The molecule has 1 aliphatic rings. The maximum absolute atomic E-state index is 7.41. The standard InChI is InChI=1S/C9H15N/c1-2-8-4-3-5-9(10)7-6-8/h6-8,10H,2-5H2,1H3. The lowest BCUT2D eigenvalue weighted by molar-refractivity contribution is 0.559. The van der Waals surface area contributed by atoms with Gasteiger partial charge in [0.1, 0.15) is 0 Å². The van der Waals surface area contributed by atoms with E-state index < -0.39 is 0 Å². The molecule has 1 nitrogen and oxygen atoms in total. The summed E-state index contributed by atoms with van der Waals surface area (Å²) in [6.07, 6.45) is 8.84. The molecule has 1 rings (SSSR count). The summed E-state index contributed by atoms with van der Waals surface area (Å²) in [4.78, 5) is 0. The van der Waals surface area contributed by atoms with E-state index in [9.17, 15) is 0 Å². The molecule has 0 amide bonds. The molecule has 0 aromatic rings. The fourth-order valence-corrected chi connectivity index (χ4v) is 1.33. The lowest BCUT2D eigenvalue weighted by Crippen LogP contribution is -1.91. The first-order valence-corrected chi connectivity index (χ1v) is 4.08. The van der Waals surface area contributed by atoms with Crippen LogP contribution in [0.2, 0.25) is 0 Å². The molecule has 0 aliphatic heterocycles. The summed E-state index contributed by atoms with van der Waals surface area (Å²) in [6.45, 7) is 2.21. The molecule has 0 saturated carbocycles. The largest absolute Gasteiger partial charge is 0.305 e. The van der Waals surface area contributed by atoms with Crippen LogP contribution in [0.4, 0.5) is 0 Å². The summed E-state index contributed by atoms with van der Waals surface area (Å²) in [5.41, 5.74) is 0.802. The second-order valence-electron chi connectivity index (χ2n) is 2.94. The zero-order chi connectivity index (χ0) is 7.40. The molecule has 0 radical (unpaired) electrons. The van der Waals surface area contributed by atoms with Gasteiger partial charge in [-0.1, -0.05) is 13.0 Å². The van der Waals surface area contributed by atoms with Gasteiger partial charge < -0.3 is 5.41 Å². The maximum atomic E-state index is 7.41. The first-order valence-electron chi connectivity index (χ1n) is 4.08. The molecule has 1 N–H and O–H groups in total. The second-order valence-corrected chi connectivity index (χ2v) is 2.94. The van der Waals surface area contributed by atoms with Crippen LogP contribution in [-0.2, 0) is 0 Å². The van der Waals surface area contributed by atoms with Gasteiger partial charge in [-0.15, -0.1) is 0 Å². The third kappa shape index (κ3) is 1.98. The quantitative estimate of drug-likeness (QED) is 0.574. The van der Waals surface area contributed by atoms with E-state index in [1.54, 1.807) is 0 Å². The Morgan fingerprint density at radius 3 is 3.20 bits per heavy atom. The van der Waals surface area contributed by atoms with Crippen LogP contribution in [0.1, 0.15) is 32.6 Å². The number of hydrogen-bond acceptors (Lipinski definition) is 1. The minimum absolute atomic E-state index is 0.739. The average Bonchev–Trinajstić information content (AvgIpc) is 2.14. The topological polar surface area (TPSA) is 23.9 Å². The van der Waals surface area contributed by atoms with Gasteiger partial charge in [-0.3, -0.25) is 0 Å². The molecule has 1 aliphatic carbocycles. The Kier molecular flexibility index (Phi) is 2.67. The van der Waals surface area contributed by atoms with Crippen LogP contribution < -0.4 is 0 Å². The zero-order valence-corrected chi connectivity index (χ0v) is 6.56. The molecule has 0 aromatic heterocycles. The smallest absolute Gasteiger partial charge is 0.0310 e. The van der Waals surface area contributed by atoms with Crippen molar-refractivity contribution >= 4 is 5.71 Å². The first kappa shape index (κ1) is 7.52. The monoisotopic (exact) mass is 137 g/mol. The maximum Gasteiger partial charge on any atom is 0.0310 e. The summed E-state index contributed by atoms with van der Waals surface area (Å²) >= 11 is 0. The molecule has 1 unspecified atom stereocenters. The Hall–Kier alpha value is -0.590. The molecule has 10 heavy (non-hydrogen) atoms. The van der Waals surface area contributed by atoms with Crippen LogP contribution in [0, 0.1) is 11.3 Å². The molecule has 1 atom stereocenters. The van der Waals surface area contributed by atoms with E-state index >= 15 is 0 Å². The van der Waals surface area contributed by atoms with Gasteiger partial charge >= 0.3 is 0 Å². The van der Waals surface area contributed by atoms with E-state index in [0.717, 1.165) is 18.1 Å². The van der Waals surface area contributed by atoms with Gasteiger partial charge in [-0.2, -0.15) is 0 Å². The predicted octanol–water partition coefficient (Wildman–Crippen LogP) is 2.77. The third-order valence-electron chi connectivity index (χ3n) is 2.11. The predicted molar refractivity (Wildman–Crippen MR) is 44.5 cm³/mol. The molecule has 0 bridgehead atoms. The summed E-state index contributed by atoms with van der Waals surface area (Å²) in [6, 6.07) is 0. The molecular formula is C9H15N. The highest BCUT2D eigenvalue weighted by molar-refractivity contribution is 5.92. The van der Waals surface area contributed by atoms with Crippen molar-refractivity contribution in [2.45, 2.75) is 32.6 Å². The van der Waals surface area contributed by atoms with E-state index in [1.807, 2.05) is 6.08 Å². The van der Waals surface area contributed by atoms with E-state index in [2.05, 4.69) is 13.0 Å². The van der Waals surface area contributed by atoms with Crippen LogP contribution >= 0.6 is 0 Å². The second kappa shape index (κ2) is 3.55. The fourth-order valence-electron chi connectivity index (χ4n) is 1.33. The first-order chi connectivity index (χ1) is 4.83. The van der Waals surface area contributed by atoms with Gasteiger partial charge in [0.2, 0.25) is 0 Å². The summed E-state index contributed by atoms with van der Waals surface area (Å²) < 4.78 is 0. The van der Waals surface area contributed by atoms with Crippen molar-refractivity contribution in [2.75, 3.05) is 0 Å². The SMILES string of the molecule is CCC1C=CC(=N)CCC1. The van der Waals surface area contributed by atoms with Crippen molar-refractivity contribution in [1.29, 1.82) is 5.41 Å². The third-order valence-corrected chi connectivity index (χ3v) is 2.11. The van der Waals surface area contributed by atoms with Gasteiger partial charge in [0, 0.05) is 5.71 Å². The van der Waals surface area contributed by atoms with Crippen LogP contribution in [0.25, 0.3) is 0 Å². The van der Waals surface area contributed by atoms with Crippen LogP contribution in [0.3, 0.4) is 0 Å². The Morgan fingerprint density at radius 1 is 1.70 bits per heavy atom. The van der Waals surface area contributed by atoms with Crippen molar-refractivity contribution in [1.82, 2.24) is 0 Å². The minimum Gasteiger partial charge on any atom is -0.305 e. The number of allylic oxidation sites excluding steroid dienone is 2. The zero-order valence-electron chi connectivity index (χ0n) is 6.56. The van der Waals surface area contributed by atoms with Gasteiger partial charge in [-0.25, -0.2) is 0 Å². The van der Waals surface area contributed by atoms with Gasteiger partial charge in [0.05, 0.1) is 0 Å². The molecular weight excluding hydrogens is 122 g/mol. The Bertz CT molecular complexity index is 147. The highest BCUT2D eigenvalue weighted by atomic mass is 14.4. The van der Waals surface area contributed by atoms with Crippen LogP contribution in [0.5, 0.6) is 0 Å². The van der Waals surface area contributed by atoms with Crippen LogP contribution in [0.15, 0.2) is 12.2 Å². The summed E-state index contributed by atoms with van der Waals surface area (Å²) in [5.74, 6) is 0.739.